The Labute approximate surface area is 107 Å². The van der Waals surface area contributed by atoms with E-state index in [1.807, 2.05) is 24.3 Å². The van der Waals surface area contributed by atoms with Crippen molar-refractivity contribution in [1.29, 1.82) is 0 Å². The Balaban J connectivity index is 2.21. The van der Waals surface area contributed by atoms with Crippen molar-refractivity contribution in [2.45, 2.75) is 26.7 Å². The molecule has 0 radical (unpaired) electrons. The van der Waals surface area contributed by atoms with Crippen molar-refractivity contribution in [3.05, 3.63) is 47.6 Å². The number of fused-ring (bicyclic) bond motifs is 3. The molecule has 0 aromatic rings. The van der Waals surface area contributed by atoms with Crippen LogP contribution < -0.4 is 0 Å². The van der Waals surface area contributed by atoms with E-state index < -0.39 is 0 Å². The zero-order chi connectivity index (χ0) is 13.0. The maximum atomic E-state index is 11.6. The van der Waals surface area contributed by atoms with E-state index in [9.17, 15) is 9.59 Å². The molecule has 2 nitrogen and oxygen atoms in total. The van der Waals surface area contributed by atoms with Crippen LogP contribution in [-0.2, 0) is 9.59 Å². The van der Waals surface area contributed by atoms with Crippen molar-refractivity contribution in [3.8, 4) is 0 Å². The Morgan fingerprint density at radius 3 is 1.61 bits per heavy atom. The molecule has 18 heavy (non-hydrogen) atoms. The van der Waals surface area contributed by atoms with Crippen LogP contribution in [0.25, 0.3) is 0 Å². The Hall–Kier alpha value is -1.70. The van der Waals surface area contributed by atoms with E-state index in [0.717, 1.165) is 11.1 Å². The van der Waals surface area contributed by atoms with E-state index >= 15 is 0 Å². The van der Waals surface area contributed by atoms with Crippen molar-refractivity contribution in [3.63, 3.8) is 0 Å². The van der Waals surface area contributed by atoms with Crippen LogP contribution in [0.1, 0.15) is 26.7 Å². The van der Waals surface area contributed by atoms with Gasteiger partial charge in [-0.3, -0.25) is 9.59 Å². The fraction of sp³-hybridized carbons (Fsp3) is 0.375. The SMILES string of the molecule is CC12C=CC(=O)CC1=CC=C1CC(=O)C=CC12C. The highest BCUT2D eigenvalue weighted by molar-refractivity contribution is 5.96. The van der Waals surface area contributed by atoms with Gasteiger partial charge in [0.15, 0.2) is 11.6 Å². The van der Waals surface area contributed by atoms with E-state index in [4.69, 9.17) is 0 Å². The number of rotatable bonds is 0. The molecular formula is C16H16O2. The molecular weight excluding hydrogens is 224 g/mol. The molecule has 92 valence electrons. The standard InChI is InChI=1S/C16H16O2/c1-15-7-5-13(17)9-11(15)3-4-12-10-14(18)6-8-16(12,15)2/h3-8H,9-10H2,1-2H3. The first-order valence-corrected chi connectivity index (χ1v) is 6.30. The highest BCUT2D eigenvalue weighted by Crippen LogP contribution is 2.57. The molecule has 0 amide bonds. The molecule has 0 heterocycles. The molecule has 0 aliphatic heterocycles. The van der Waals surface area contributed by atoms with Gasteiger partial charge in [-0.25, -0.2) is 0 Å². The van der Waals surface area contributed by atoms with Crippen molar-refractivity contribution in [1.82, 2.24) is 0 Å². The topological polar surface area (TPSA) is 34.1 Å². The van der Waals surface area contributed by atoms with Crippen LogP contribution in [0.2, 0.25) is 0 Å². The molecule has 2 atom stereocenters. The summed E-state index contributed by atoms with van der Waals surface area (Å²) in [4.78, 5) is 23.1. The molecule has 0 saturated carbocycles. The minimum Gasteiger partial charge on any atom is -0.295 e. The number of carbonyl (C=O) groups excluding carboxylic acids is 2. The van der Waals surface area contributed by atoms with Crippen LogP contribution in [-0.4, -0.2) is 11.6 Å². The minimum atomic E-state index is -0.178. The van der Waals surface area contributed by atoms with Gasteiger partial charge in [0.1, 0.15) is 0 Å². The van der Waals surface area contributed by atoms with E-state index in [-0.39, 0.29) is 22.4 Å². The molecule has 3 rings (SSSR count). The van der Waals surface area contributed by atoms with Crippen LogP contribution in [0.3, 0.4) is 0 Å². The summed E-state index contributed by atoms with van der Waals surface area (Å²) in [5.74, 6) is 0.324. The molecule has 0 bridgehead atoms. The number of hydrogen-bond donors (Lipinski definition) is 0. The third kappa shape index (κ3) is 1.29. The van der Waals surface area contributed by atoms with Gasteiger partial charge in [-0.1, -0.05) is 49.3 Å². The Morgan fingerprint density at radius 2 is 1.22 bits per heavy atom. The molecule has 0 fully saturated rings. The van der Waals surface area contributed by atoms with E-state index in [1.54, 1.807) is 12.2 Å². The molecule has 0 spiro atoms. The molecule has 2 heteroatoms. The number of ketones is 2. The molecule has 3 aliphatic carbocycles. The third-order valence-electron chi connectivity index (χ3n) is 4.83. The summed E-state index contributed by atoms with van der Waals surface area (Å²) in [6, 6.07) is 0. The lowest BCUT2D eigenvalue weighted by Gasteiger charge is -2.50. The van der Waals surface area contributed by atoms with Crippen LogP contribution in [0.5, 0.6) is 0 Å². The van der Waals surface area contributed by atoms with Crippen molar-refractivity contribution in [2.24, 2.45) is 10.8 Å². The van der Waals surface area contributed by atoms with Gasteiger partial charge in [0.05, 0.1) is 0 Å². The van der Waals surface area contributed by atoms with Gasteiger partial charge >= 0.3 is 0 Å². The third-order valence-corrected chi connectivity index (χ3v) is 4.83. The lowest BCUT2D eigenvalue weighted by atomic mass is 9.52. The van der Waals surface area contributed by atoms with Gasteiger partial charge < -0.3 is 0 Å². The quantitative estimate of drug-likeness (QED) is 0.652. The summed E-state index contributed by atoms with van der Waals surface area (Å²) in [6.07, 6.45) is 12.5. The first-order valence-electron chi connectivity index (χ1n) is 6.30. The normalized spacial score (nSPS) is 37.9. The summed E-state index contributed by atoms with van der Waals surface area (Å²) in [7, 11) is 0. The zero-order valence-electron chi connectivity index (χ0n) is 10.7. The largest absolute Gasteiger partial charge is 0.295 e. The van der Waals surface area contributed by atoms with Crippen LogP contribution in [0.4, 0.5) is 0 Å². The number of carbonyl (C=O) groups is 2. The predicted octanol–water partition coefficient (Wildman–Crippen LogP) is 2.92. The fourth-order valence-electron chi connectivity index (χ4n) is 3.27. The average molecular weight is 240 g/mol. The molecule has 2 unspecified atom stereocenters. The van der Waals surface area contributed by atoms with Gasteiger partial charge in [0, 0.05) is 23.7 Å². The lowest BCUT2D eigenvalue weighted by Crippen LogP contribution is -2.43. The maximum absolute atomic E-state index is 11.6. The average Bonchev–Trinajstić information content (AvgIpc) is 2.33. The lowest BCUT2D eigenvalue weighted by molar-refractivity contribution is -0.116. The van der Waals surface area contributed by atoms with Crippen molar-refractivity contribution < 1.29 is 9.59 Å². The van der Waals surface area contributed by atoms with Crippen LogP contribution in [0, 0.1) is 10.8 Å². The van der Waals surface area contributed by atoms with Gasteiger partial charge in [-0.05, 0) is 12.2 Å². The van der Waals surface area contributed by atoms with Gasteiger partial charge in [-0.2, -0.15) is 0 Å². The molecule has 0 saturated heterocycles. The van der Waals surface area contributed by atoms with E-state index in [1.165, 1.54) is 0 Å². The molecule has 0 N–H and O–H groups in total. The zero-order valence-corrected chi connectivity index (χ0v) is 10.7. The fourth-order valence-corrected chi connectivity index (χ4v) is 3.27. The summed E-state index contributed by atoms with van der Waals surface area (Å²) in [5.41, 5.74) is 1.95. The van der Waals surface area contributed by atoms with Crippen LogP contribution >= 0.6 is 0 Å². The summed E-state index contributed by atoms with van der Waals surface area (Å²) in [6.45, 7) is 4.32. The van der Waals surface area contributed by atoms with Crippen LogP contribution in [0.15, 0.2) is 47.6 Å². The van der Waals surface area contributed by atoms with Crippen molar-refractivity contribution in [2.75, 3.05) is 0 Å². The first-order chi connectivity index (χ1) is 8.46. The minimum absolute atomic E-state index is 0.162. The monoisotopic (exact) mass is 240 g/mol. The summed E-state index contributed by atoms with van der Waals surface area (Å²) in [5, 5.41) is 0. The Bertz CT molecular complexity index is 522. The Kier molecular flexibility index (Phi) is 2.16. The summed E-state index contributed by atoms with van der Waals surface area (Å²) < 4.78 is 0. The Morgan fingerprint density at radius 1 is 0.833 bits per heavy atom. The predicted molar refractivity (Wildman–Crippen MR) is 69.9 cm³/mol. The van der Waals surface area contributed by atoms with E-state index in [0.29, 0.717) is 12.8 Å². The molecule has 0 aromatic heterocycles. The van der Waals surface area contributed by atoms with E-state index in [2.05, 4.69) is 13.8 Å². The number of allylic oxidation sites excluding steroid dienone is 8. The smallest absolute Gasteiger partial charge is 0.159 e. The second kappa shape index (κ2) is 3.41. The second-order valence-corrected chi connectivity index (χ2v) is 5.74. The highest BCUT2D eigenvalue weighted by Gasteiger charge is 2.50. The van der Waals surface area contributed by atoms with Crippen molar-refractivity contribution >= 4 is 11.6 Å². The van der Waals surface area contributed by atoms with Gasteiger partial charge in [-0.15, -0.1) is 0 Å². The summed E-state index contributed by atoms with van der Waals surface area (Å²) >= 11 is 0. The van der Waals surface area contributed by atoms with Gasteiger partial charge in [0.2, 0.25) is 0 Å². The number of hydrogen-bond acceptors (Lipinski definition) is 2. The molecule has 0 aromatic carbocycles. The molecule has 3 aliphatic rings. The second-order valence-electron chi connectivity index (χ2n) is 5.74. The highest BCUT2D eigenvalue weighted by atomic mass is 16.1. The van der Waals surface area contributed by atoms with Gasteiger partial charge in [0.25, 0.3) is 0 Å². The first kappa shape index (κ1) is 11.4. The maximum Gasteiger partial charge on any atom is 0.159 e.